The molecule has 2 aromatic rings. The molecule has 2 rings (SSSR count). The van der Waals surface area contributed by atoms with Gasteiger partial charge in [-0.15, -0.1) is 0 Å². The van der Waals surface area contributed by atoms with Gasteiger partial charge >= 0.3 is 0 Å². The molecule has 0 saturated carbocycles. The quantitative estimate of drug-likeness (QED) is 0.883. The molecule has 0 aliphatic heterocycles. The number of benzene rings is 2. The average Bonchev–Trinajstić information content (AvgIpc) is 2.55. The van der Waals surface area contributed by atoms with E-state index in [1.807, 2.05) is 32.9 Å². The first kappa shape index (κ1) is 16.7. The van der Waals surface area contributed by atoms with E-state index in [0.29, 0.717) is 16.8 Å². The van der Waals surface area contributed by atoms with Crippen molar-refractivity contribution in [3.05, 3.63) is 65.2 Å². The van der Waals surface area contributed by atoms with E-state index in [4.69, 9.17) is 0 Å². The van der Waals surface area contributed by atoms with Crippen molar-refractivity contribution in [3.63, 3.8) is 0 Å². The van der Waals surface area contributed by atoms with Crippen molar-refractivity contribution >= 4 is 17.5 Å². The van der Waals surface area contributed by atoms with Crippen LogP contribution in [0.5, 0.6) is 0 Å². The van der Waals surface area contributed by atoms with Crippen LogP contribution >= 0.6 is 0 Å². The highest BCUT2D eigenvalue weighted by molar-refractivity contribution is 6.04. The minimum absolute atomic E-state index is 0.101. The summed E-state index contributed by atoms with van der Waals surface area (Å²) in [6, 6.07) is 14.4. The minimum Gasteiger partial charge on any atom is -0.350 e. The Hall–Kier alpha value is -2.62. The van der Waals surface area contributed by atoms with Crippen molar-refractivity contribution in [2.24, 2.45) is 0 Å². The van der Waals surface area contributed by atoms with Crippen molar-refractivity contribution in [2.45, 2.75) is 33.2 Å². The summed E-state index contributed by atoms with van der Waals surface area (Å²) in [5, 5.41) is 5.74. The van der Waals surface area contributed by atoms with Gasteiger partial charge in [0.05, 0.1) is 0 Å². The van der Waals surface area contributed by atoms with Gasteiger partial charge in [-0.25, -0.2) is 0 Å². The van der Waals surface area contributed by atoms with Crippen molar-refractivity contribution in [1.82, 2.24) is 5.32 Å². The molecule has 0 aliphatic rings. The Morgan fingerprint density at radius 3 is 2.00 bits per heavy atom. The number of rotatable bonds is 5. The van der Waals surface area contributed by atoms with E-state index in [0.717, 1.165) is 12.0 Å². The predicted octanol–water partition coefficient (Wildman–Crippen LogP) is 3.78. The second-order valence-corrected chi connectivity index (χ2v) is 5.68. The summed E-state index contributed by atoms with van der Waals surface area (Å²) in [5.41, 5.74) is 2.96. The van der Waals surface area contributed by atoms with Gasteiger partial charge in [-0.2, -0.15) is 0 Å². The topological polar surface area (TPSA) is 58.2 Å². The summed E-state index contributed by atoms with van der Waals surface area (Å²) < 4.78 is 0. The SMILES string of the molecule is CC[C@@H](C)NC(=O)c1ccc(NC(=O)c2ccc(C)cc2)cc1. The molecule has 0 saturated heterocycles. The summed E-state index contributed by atoms with van der Waals surface area (Å²) in [6.45, 7) is 5.97. The Kier molecular flexibility index (Phi) is 5.52. The first-order valence-corrected chi connectivity index (χ1v) is 7.78. The fourth-order valence-electron chi connectivity index (χ4n) is 2.02. The van der Waals surface area contributed by atoms with Crippen LogP contribution in [-0.4, -0.2) is 17.9 Å². The molecule has 0 radical (unpaired) electrons. The Labute approximate surface area is 136 Å². The molecule has 2 N–H and O–H groups in total. The van der Waals surface area contributed by atoms with Gasteiger partial charge in [0.2, 0.25) is 0 Å². The van der Waals surface area contributed by atoms with Crippen LogP contribution < -0.4 is 10.6 Å². The van der Waals surface area contributed by atoms with Crippen LogP contribution in [0.2, 0.25) is 0 Å². The van der Waals surface area contributed by atoms with Crippen molar-refractivity contribution in [3.8, 4) is 0 Å². The Morgan fingerprint density at radius 2 is 1.43 bits per heavy atom. The zero-order chi connectivity index (χ0) is 16.8. The monoisotopic (exact) mass is 310 g/mol. The molecule has 23 heavy (non-hydrogen) atoms. The van der Waals surface area contributed by atoms with Crippen LogP contribution in [-0.2, 0) is 0 Å². The van der Waals surface area contributed by atoms with Crippen LogP contribution in [0.4, 0.5) is 5.69 Å². The number of hydrogen-bond donors (Lipinski definition) is 2. The van der Waals surface area contributed by atoms with Gasteiger partial charge in [0.1, 0.15) is 0 Å². The average molecular weight is 310 g/mol. The van der Waals surface area contributed by atoms with Crippen molar-refractivity contribution in [2.75, 3.05) is 5.32 Å². The lowest BCUT2D eigenvalue weighted by molar-refractivity contribution is 0.0938. The Morgan fingerprint density at radius 1 is 0.913 bits per heavy atom. The molecular formula is C19H22N2O2. The number of amides is 2. The van der Waals surface area contributed by atoms with Gasteiger partial charge in [0.15, 0.2) is 0 Å². The fourth-order valence-corrected chi connectivity index (χ4v) is 2.02. The summed E-state index contributed by atoms with van der Waals surface area (Å²) in [4.78, 5) is 24.1. The second-order valence-electron chi connectivity index (χ2n) is 5.68. The molecule has 1 atom stereocenters. The molecule has 4 heteroatoms. The van der Waals surface area contributed by atoms with Gasteiger partial charge in [0.25, 0.3) is 11.8 Å². The van der Waals surface area contributed by atoms with Gasteiger partial charge in [-0.05, 0) is 56.7 Å². The molecule has 0 aromatic heterocycles. The van der Waals surface area contributed by atoms with Gasteiger partial charge in [-0.3, -0.25) is 9.59 Å². The van der Waals surface area contributed by atoms with E-state index >= 15 is 0 Å². The third-order valence-corrected chi connectivity index (χ3v) is 3.71. The van der Waals surface area contributed by atoms with E-state index in [9.17, 15) is 9.59 Å². The number of anilines is 1. The zero-order valence-electron chi connectivity index (χ0n) is 13.7. The smallest absolute Gasteiger partial charge is 0.255 e. The number of nitrogens with one attached hydrogen (secondary N) is 2. The van der Waals surface area contributed by atoms with E-state index in [1.165, 1.54) is 0 Å². The van der Waals surface area contributed by atoms with Crippen LogP contribution in [0.1, 0.15) is 46.5 Å². The molecule has 2 amide bonds. The summed E-state index contributed by atoms with van der Waals surface area (Å²) >= 11 is 0. The largest absolute Gasteiger partial charge is 0.350 e. The third kappa shape index (κ3) is 4.68. The molecule has 0 aliphatic carbocycles. The maximum absolute atomic E-state index is 12.1. The second kappa shape index (κ2) is 7.58. The maximum Gasteiger partial charge on any atom is 0.255 e. The molecule has 0 unspecified atom stereocenters. The maximum atomic E-state index is 12.1. The number of carbonyl (C=O) groups is 2. The highest BCUT2D eigenvalue weighted by atomic mass is 16.2. The van der Waals surface area contributed by atoms with Crippen LogP contribution in [0.25, 0.3) is 0 Å². The third-order valence-electron chi connectivity index (χ3n) is 3.71. The normalized spacial score (nSPS) is 11.6. The standard InChI is InChI=1S/C19H22N2O2/c1-4-14(3)20-18(22)16-9-11-17(12-10-16)21-19(23)15-7-5-13(2)6-8-15/h5-12,14H,4H2,1-3H3,(H,20,22)(H,21,23)/t14-/m1/s1. The first-order chi connectivity index (χ1) is 11.0. The highest BCUT2D eigenvalue weighted by Crippen LogP contribution is 2.12. The Balaban J connectivity index is 2.01. The molecule has 0 bridgehead atoms. The number of aryl methyl sites for hydroxylation is 1. The lowest BCUT2D eigenvalue weighted by Crippen LogP contribution is -2.31. The predicted molar refractivity (Wildman–Crippen MR) is 92.8 cm³/mol. The van der Waals surface area contributed by atoms with E-state index in [-0.39, 0.29) is 17.9 Å². The molecule has 0 heterocycles. The van der Waals surface area contributed by atoms with Gasteiger partial charge in [-0.1, -0.05) is 24.6 Å². The van der Waals surface area contributed by atoms with Gasteiger partial charge < -0.3 is 10.6 Å². The lowest BCUT2D eigenvalue weighted by Gasteiger charge is -2.12. The molecule has 4 nitrogen and oxygen atoms in total. The van der Waals surface area contributed by atoms with E-state index in [2.05, 4.69) is 10.6 Å². The zero-order valence-corrected chi connectivity index (χ0v) is 13.7. The highest BCUT2D eigenvalue weighted by Gasteiger charge is 2.09. The molecule has 0 fully saturated rings. The summed E-state index contributed by atoms with van der Waals surface area (Å²) in [5.74, 6) is -0.266. The van der Waals surface area contributed by atoms with Crippen LogP contribution in [0.3, 0.4) is 0 Å². The van der Waals surface area contributed by atoms with E-state index < -0.39 is 0 Å². The van der Waals surface area contributed by atoms with Crippen LogP contribution in [0.15, 0.2) is 48.5 Å². The molecule has 120 valence electrons. The minimum atomic E-state index is -0.165. The first-order valence-electron chi connectivity index (χ1n) is 7.78. The Bertz CT molecular complexity index is 676. The van der Waals surface area contributed by atoms with Crippen molar-refractivity contribution in [1.29, 1.82) is 0 Å². The molecule has 2 aromatic carbocycles. The fraction of sp³-hybridized carbons (Fsp3) is 0.263. The van der Waals surface area contributed by atoms with E-state index in [1.54, 1.807) is 36.4 Å². The van der Waals surface area contributed by atoms with Crippen molar-refractivity contribution < 1.29 is 9.59 Å². The van der Waals surface area contributed by atoms with Gasteiger partial charge in [0, 0.05) is 22.9 Å². The summed E-state index contributed by atoms with van der Waals surface area (Å²) in [6.07, 6.45) is 0.885. The summed E-state index contributed by atoms with van der Waals surface area (Å²) in [7, 11) is 0. The molecular weight excluding hydrogens is 288 g/mol. The molecule has 0 spiro atoms. The lowest BCUT2D eigenvalue weighted by atomic mass is 10.1. The number of carbonyl (C=O) groups excluding carboxylic acids is 2. The van der Waals surface area contributed by atoms with Crippen LogP contribution in [0, 0.1) is 6.92 Å². The number of hydrogen-bond acceptors (Lipinski definition) is 2.